The summed E-state index contributed by atoms with van der Waals surface area (Å²) in [5, 5.41) is 1.49. The lowest BCUT2D eigenvalue weighted by atomic mass is 9.96. The zero-order chi connectivity index (χ0) is 27.8. The van der Waals surface area contributed by atoms with Crippen molar-refractivity contribution in [2.45, 2.75) is 19.6 Å². The van der Waals surface area contributed by atoms with Crippen molar-refractivity contribution in [2.75, 3.05) is 18.1 Å². The molecule has 4 aromatic rings. The third kappa shape index (κ3) is 5.95. The van der Waals surface area contributed by atoms with Crippen molar-refractivity contribution >= 4 is 40.6 Å². The molecular weight excluding hydrogens is 525 g/mol. The van der Waals surface area contributed by atoms with Gasteiger partial charge in [-0.15, -0.1) is 0 Å². The van der Waals surface area contributed by atoms with Crippen LogP contribution in [0.3, 0.4) is 0 Å². The summed E-state index contributed by atoms with van der Waals surface area (Å²) in [7, 11) is -3.64. The van der Waals surface area contributed by atoms with Crippen molar-refractivity contribution in [2.24, 2.45) is 0 Å². The summed E-state index contributed by atoms with van der Waals surface area (Å²) in [6.45, 7) is 6.47. The lowest BCUT2D eigenvalue weighted by Crippen LogP contribution is -2.28. The van der Waals surface area contributed by atoms with Gasteiger partial charge in [0.15, 0.2) is 5.82 Å². The quantitative estimate of drug-likeness (QED) is 0.321. The Kier molecular flexibility index (Phi) is 7.17. The van der Waals surface area contributed by atoms with E-state index in [-0.39, 0.29) is 11.3 Å². The standard InChI is InChI=1S/C27H28FN3O5SSi/c1-36-26-20(11-13-38(3,4)5)16-22(31-12-10-23(32)29-27(31)33)25(28)24(26)19-7-6-18-15-21(30-37(2,34)35)9-8-17(18)14-19/h6-16,30H,1-5H3,(H,29,32,33). The highest BCUT2D eigenvalue weighted by Crippen LogP contribution is 2.40. The van der Waals surface area contributed by atoms with Crippen LogP contribution >= 0.6 is 0 Å². The first-order valence-corrected chi connectivity index (χ1v) is 17.2. The lowest BCUT2D eigenvalue weighted by Gasteiger charge is -2.18. The number of hydrogen-bond acceptors (Lipinski definition) is 5. The molecule has 0 aliphatic rings. The highest BCUT2D eigenvalue weighted by atomic mass is 32.2. The molecule has 38 heavy (non-hydrogen) atoms. The average Bonchev–Trinajstić information content (AvgIpc) is 2.81. The van der Waals surface area contributed by atoms with Gasteiger partial charge in [0.25, 0.3) is 5.56 Å². The van der Waals surface area contributed by atoms with E-state index in [1.54, 1.807) is 36.4 Å². The molecule has 1 aromatic heterocycles. The minimum Gasteiger partial charge on any atom is -0.495 e. The fourth-order valence-corrected chi connectivity index (χ4v) is 5.29. The minimum absolute atomic E-state index is 0.0370. The maximum absolute atomic E-state index is 16.3. The summed E-state index contributed by atoms with van der Waals surface area (Å²) in [4.78, 5) is 26.4. The molecule has 8 nitrogen and oxygen atoms in total. The summed E-state index contributed by atoms with van der Waals surface area (Å²) in [5.74, 6) is -0.399. The van der Waals surface area contributed by atoms with Gasteiger partial charge in [0.2, 0.25) is 10.0 Å². The number of nitrogens with zero attached hydrogens (tertiary/aromatic N) is 1. The number of anilines is 1. The number of ether oxygens (including phenoxy) is 1. The molecule has 0 saturated carbocycles. The molecule has 198 valence electrons. The van der Waals surface area contributed by atoms with E-state index in [0.29, 0.717) is 22.6 Å². The van der Waals surface area contributed by atoms with Gasteiger partial charge in [-0.05, 0) is 40.6 Å². The Morgan fingerprint density at radius 3 is 2.34 bits per heavy atom. The molecule has 2 N–H and O–H groups in total. The molecule has 0 fully saturated rings. The topological polar surface area (TPSA) is 110 Å². The fraction of sp³-hybridized carbons (Fsp3) is 0.185. The number of benzene rings is 3. The van der Waals surface area contributed by atoms with Crippen LogP contribution in [0.4, 0.5) is 10.1 Å². The van der Waals surface area contributed by atoms with Gasteiger partial charge in [-0.25, -0.2) is 17.6 Å². The summed E-state index contributed by atoms with van der Waals surface area (Å²) in [6.07, 6.45) is 4.18. The first-order valence-electron chi connectivity index (χ1n) is 11.7. The third-order valence-electron chi connectivity index (χ3n) is 5.71. The molecular formula is C27H28FN3O5SSi. The van der Waals surface area contributed by atoms with Crippen LogP contribution in [0.25, 0.3) is 33.7 Å². The first kappa shape index (κ1) is 27.1. The van der Waals surface area contributed by atoms with Gasteiger partial charge in [-0.1, -0.05) is 49.6 Å². The monoisotopic (exact) mass is 553 g/mol. The number of H-pyrrole nitrogens is 1. The van der Waals surface area contributed by atoms with Crippen molar-refractivity contribution in [3.05, 3.63) is 92.6 Å². The molecule has 11 heteroatoms. The van der Waals surface area contributed by atoms with Gasteiger partial charge >= 0.3 is 5.69 Å². The molecule has 0 unspecified atom stereocenters. The highest BCUT2D eigenvalue weighted by Gasteiger charge is 2.22. The molecule has 4 rings (SSSR count). The van der Waals surface area contributed by atoms with Gasteiger partial charge < -0.3 is 4.74 Å². The molecule has 0 aliphatic heterocycles. The molecule has 0 radical (unpaired) electrons. The zero-order valence-corrected chi connectivity index (χ0v) is 23.4. The van der Waals surface area contributed by atoms with E-state index in [1.807, 2.05) is 6.08 Å². The maximum atomic E-state index is 16.3. The highest BCUT2D eigenvalue weighted by molar-refractivity contribution is 7.92. The molecule has 0 saturated heterocycles. The second kappa shape index (κ2) is 10.1. The number of fused-ring (bicyclic) bond motifs is 1. The Morgan fingerprint density at radius 1 is 1.03 bits per heavy atom. The lowest BCUT2D eigenvalue weighted by molar-refractivity contribution is 0.412. The van der Waals surface area contributed by atoms with Crippen LogP contribution in [0.15, 0.2) is 70.0 Å². The van der Waals surface area contributed by atoms with Crippen LogP contribution in [0.1, 0.15) is 5.56 Å². The Labute approximate surface area is 220 Å². The fourth-order valence-electron chi connectivity index (χ4n) is 4.05. The maximum Gasteiger partial charge on any atom is 0.333 e. The molecule has 1 heterocycles. The normalized spacial score (nSPS) is 12.3. The Hall–Kier alpha value is -3.96. The van der Waals surface area contributed by atoms with E-state index in [1.165, 1.54) is 19.4 Å². The first-order chi connectivity index (χ1) is 17.8. The molecule has 0 amide bonds. The predicted octanol–water partition coefficient (Wildman–Crippen LogP) is 4.76. The number of nitrogens with one attached hydrogen (secondary N) is 2. The number of methoxy groups -OCH3 is 1. The Balaban J connectivity index is 1.99. The van der Waals surface area contributed by atoms with Gasteiger partial charge in [0.05, 0.1) is 32.7 Å². The minimum atomic E-state index is -3.44. The van der Waals surface area contributed by atoms with Crippen LogP contribution in [-0.2, 0) is 10.0 Å². The second-order valence-electron chi connectivity index (χ2n) is 10.0. The van der Waals surface area contributed by atoms with E-state index in [2.05, 4.69) is 35.0 Å². The van der Waals surface area contributed by atoms with Crippen molar-refractivity contribution in [3.8, 4) is 22.6 Å². The third-order valence-corrected chi connectivity index (χ3v) is 7.48. The zero-order valence-electron chi connectivity index (χ0n) is 21.6. The number of aromatic nitrogens is 2. The smallest absolute Gasteiger partial charge is 0.333 e. The van der Waals surface area contributed by atoms with E-state index in [9.17, 15) is 18.0 Å². The van der Waals surface area contributed by atoms with Crippen molar-refractivity contribution in [1.29, 1.82) is 0 Å². The predicted molar refractivity (Wildman–Crippen MR) is 153 cm³/mol. The number of aromatic amines is 1. The van der Waals surface area contributed by atoms with Gasteiger partial charge in [0, 0.05) is 23.5 Å². The summed E-state index contributed by atoms with van der Waals surface area (Å²) >= 11 is 0. The average molecular weight is 554 g/mol. The van der Waals surface area contributed by atoms with E-state index >= 15 is 4.39 Å². The SMILES string of the molecule is COc1c(C=C[Si](C)(C)C)cc(-n2ccc(=O)[nH]c2=O)c(F)c1-c1ccc2cc(NS(C)(=O)=O)ccc2c1. The largest absolute Gasteiger partial charge is 0.495 e. The van der Waals surface area contributed by atoms with E-state index in [0.717, 1.165) is 27.7 Å². The molecule has 0 atom stereocenters. The number of halogens is 1. The number of rotatable bonds is 7. The second-order valence-corrected chi connectivity index (χ2v) is 16.9. The Morgan fingerprint density at radius 2 is 1.71 bits per heavy atom. The van der Waals surface area contributed by atoms with Crippen LogP contribution in [0.5, 0.6) is 5.75 Å². The number of sulfonamides is 1. The number of hydrogen-bond donors (Lipinski definition) is 2. The Bertz CT molecular complexity index is 1800. The van der Waals surface area contributed by atoms with Gasteiger partial charge in [-0.3, -0.25) is 19.1 Å². The van der Waals surface area contributed by atoms with Crippen molar-refractivity contribution in [1.82, 2.24) is 9.55 Å². The summed E-state index contributed by atoms with van der Waals surface area (Å²) in [5.41, 5.74) is 2.33. The van der Waals surface area contributed by atoms with Crippen molar-refractivity contribution < 1.29 is 17.5 Å². The summed E-state index contributed by atoms with van der Waals surface area (Å²) in [6, 6.07) is 13.0. The van der Waals surface area contributed by atoms with E-state index in [4.69, 9.17) is 4.74 Å². The van der Waals surface area contributed by atoms with Gasteiger partial charge in [0.1, 0.15) is 5.75 Å². The molecule has 0 spiro atoms. The summed E-state index contributed by atoms with van der Waals surface area (Å²) < 4.78 is 48.7. The molecule has 0 bridgehead atoms. The van der Waals surface area contributed by atoms with Crippen LogP contribution < -0.4 is 20.7 Å². The van der Waals surface area contributed by atoms with Crippen LogP contribution in [0, 0.1) is 5.82 Å². The molecule has 0 aliphatic carbocycles. The van der Waals surface area contributed by atoms with Crippen LogP contribution in [0.2, 0.25) is 19.6 Å². The van der Waals surface area contributed by atoms with E-state index < -0.39 is 35.2 Å². The molecule has 3 aromatic carbocycles. The van der Waals surface area contributed by atoms with Crippen molar-refractivity contribution in [3.63, 3.8) is 0 Å². The van der Waals surface area contributed by atoms with Crippen LogP contribution in [-0.4, -0.2) is 39.4 Å². The van der Waals surface area contributed by atoms with Gasteiger partial charge in [-0.2, -0.15) is 0 Å².